The molecule has 0 N–H and O–H groups in total. The second-order valence-electron chi connectivity index (χ2n) is 7.60. The van der Waals surface area contributed by atoms with Crippen molar-refractivity contribution >= 4 is 11.8 Å². The number of benzene rings is 1. The van der Waals surface area contributed by atoms with E-state index in [1.807, 2.05) is 0 Å². The van der Waals surface area contributed by atoms with Crippen LogP contribution in [-0.2, 0) is 6.42 Å². The summed E-state index contributed by atoms with van der Waals surface area (Å²) in [6.45, 7) is 10.8. The number of hydrogen-bond donors (Lipinski definition) is 0. The van der Waals surface area contributed by atoms with E-state index in [2.05, 4.69) is 61.7 Å². The zero-order valence-corrected chi connectivity index (χ0v) is 15.8. The zero-order valence-electron chi connectivity index (χ0n) is 15.0. The van der Waals surface area contributed by atoms with Gasteiger partial charge in [0.1, 0.15) is 0 Å². The summed E-state index contributed by atoms with van der Waals surface area (Å²) in [6, 6.07) is 6.97. The molecule has 1 atom stereocenters. The van der Waals surface area contributed by atoms with Gasteiger partial charge in [-0.05, 0) is 69.7 Å². The fourth-order valence-electron chi connectivity index (χ4n) is 3.80. The number of aryl methyl sites for hydroxylation is 1. The molecule has 0 radical (unpaired) electrons. The van der Waals surface area contributed by atoms with Crippen LogP contribution in [0.25, 0.3) is 0 Å². The molecule has 2 aliphatic rings. The summed E-state index contributed by atoms with van der Waals surface area (Å²) < 4.78 is 0. The molecular formula is C21H31NS. The van der Waals surface area contributed by atoms with E-state index in [-0.39, 0.29) is 0 Å². The van der Waals surface area contributed by atoms with Crippen LogP contribution in [0, 0.1) is 12.8 Å². The Balaban J connectivity index is 1.60. The van der Waals surface area contributed by atoms with E-state index in [0.717, 1.165) is 12.3 Å². The largest absolute Gasteiger partial charge is 0.303 e. The molecule has 0 spiro atoms. The van der Waals surface area contributed by atoms with E-state index in [4.69, 9.17) is 0 Å². The Bertz CT molecular complexity index is 555. The molecule has 1 aromatic carbocycles. The quantitative estimate of drug-likeness (QED) is 0.676. The average Bonchev–Trinajstić information content (AvgIpc) is 2.66. The van der Waals surface area contributed by atoms with Crippen molar-refractivity contribution in [3.63, 3.8) is 0 Å². The molecular weight excluding hydrogens is 298 g/mol. The number of rotatable bonds is 3. The average molecular weight is 330 g/mol. The van der Waals surface area contributed by atoms with Gasteiger partial charge in [-0.1, -0.05) is 43.2 Å². The molecule has 1 saturated heterocycles. The van der Waals surface area contributed by atoms with E-state index < -0.39 is 0 Å². The zero-order chi connectivity index (χ0) is 16.2. The summed E-state index contributed by atoms with van der Waals surface area (Å²) >= 11 is 2.06. The third kappa shape index (κ3) is 4.87. The Kier molecular flexibility index (Phi) is 5.87. The first-order valence-corrected chi connectivity index (χ1v) is 10.1. The van der Waals surface area contributed by atoms with Gasteiger partial charge in [-0.15, -0.1) is 11.8 Å². The van der Waals surface area contributed by atoms with E-state index in [9.17, 15) is 0 Å². The molecule has 0 saturated carbocycles. The number of hydrogen-bond acceptors (Lipinski definition) is 2. The van der Waals surface area contributed by atoms with Crippen molar-refractivity contribution in [1.82, 2.24) is 4.90 Å². The van der Waals surface area contributed by atoms with Crippen LogP contribution in [0.4, 0.5) is 0 Å². The second kappa shape index (κ2) is 7.90. The maximum Gasteiger partial charge on any atom is 0.0110 e. The van der Waals surface area contributed by atoms with Crippen LogP contribution in [0.1, 0.15) is 50.7 Å². The van der Waals surface area contributed by atoms with Crippen molar-refractivity contribution in [3.8, 4) is 0 Å². The first-order chi connectivity index (χ1) is 11.1. The van der Waals surface area contributed by atoms with Gasteiger partial charge in [-0.3, -0.25) is 0 Å². The molecule has 126 valence electrons. The molecule has 0 amide bonds. The lowest BCUT2D eigenvalue weighted by atomic mass is 9.98. The lowest BCUT2D eigenvalue weighted by Gasteiger charge is -2.29. The molecule has 1 fully saturated rings. The van der Waals surface area contributed by atoms with Crippen LogP contribution < -0.4 is 0 Å². The van der Waals surface area contributed by atoms with Crippen molar-refractivity contribution in [1.29, 1.82) is 0 Å². The van der Waals surface area contributed by atoms with Crippen molar-refractivity contribution in [2.24, 2.45) is 5.92 Å². The van der Waals surface area contributed by atoms with Gasteiger partial charge >= 0.3 is 0 Å². The van der Waals surface area contributed by atoms with Crippen molar-refractivity contribution in [2.75, 3.05) is 19.6 Å². The smallest absolute Gasteiger partial charge is 0.0110 e. The molecule has 1 aromatic rings. The van der Waals surface area contributed by atoms with Gasteiger partial charge in [-0.25, -0.2) is 0 Å². The lowest BCUT2D eigenvalue weighted by Crippen LogP contribution is -2.33. The Labute approximate surface area is 146 Å². The third-order valence-electron chi connectivity index (χ3n) is 5.27. The van der Waals surface area contributed by atoms with Gasteiger partial charge in [0.2, 0.25) is 0 Å². The normalized spacial score (nSPS) is 25.3. The first kappa shape index (κ1) is 17.1. The van der Waals surface area contributed by atoms with Gasteiger partial charge in [0.05, 0.1) is 0 Å². The standard InChI is InChI=1S/C21H31NS/c1-16-8-11-22(12-9-16)10-4-5-19-14-18(3)23-21-7-6-17(2)13-20(21)15-19/h5-7,13,16,18H,4,8-12,14-15H2,1-3H3/b19-5+/t18-/m0/s1. The van der Waals surface area contributed by atoms with E-state index in [1.165, 1.54) is 61.3 Å². The fraction of sp³-hybridized carbons (Fsp3) is 0.619. The minimum Gasteiger partial charge on any atom is -0.303 e. The maximum atomic E-state index is 2.66. The van der Waals surface area contributed by atoms with Gasteiger partial charge in [0, 0.05) is 16.7 Å². The summed E-state index contributed by atoms with van der Waals surface area (Å²) in [5, 5.41) is 0.695. The van der Waals surface area contributed by atoms with Crippen LogP contribution in [-0.4, -0.2) is 29.8 Å². The Morgan fingerprint density at radius 2 is 2.00 bits per heavy atom. The highest BCUT2D eigenvalue weighted by molar-refractivity contribution is 8.00. The summed E-state index contributed by atoms with van der Waals surface area (Å²) in [5.41, 5.74) is 4.58. The number of thioether (sulfide) groups is 1. The lowest BCUT2D eigenvalue weighted by molar-refractivity contribution is 0.195. The van der Waals surface area contributed by atoms with Gasteiger partial charge in [-0.2, -0.15) is 0 Å². The predicted octanol–water partition coefficient (Wildman–Crippen LogP) is 5.47. The van der Waals surface area contributed by atoms with Crippen molar-refractivity contribution in [3.05, 3.63) is 41.0 Å². The number of likely N-dealkylation sites (tertiary alicyclic amines) is 1. The molecule has 2 heteroatoms. The molecule has 0 bridgehead atoms. The molecule has 23 heavy (non-hydrogen) atoms. The van der Waals surface area contributed by atoms with Crippen LogP contribution in [0.15, 0.2) is 34.7 Å². The summed E-state index contributed by atoms with van der Waals surface area (Å²) in [5.74, 6) is 0.934. The van der Waals surface area contributed by atoms with Gasteiger partial charge < -0.3 is 4.90 Å². The van der Waals surface area contributed by atoms with Gasteiger partial charge in [0.15, 0.2) is 0 Å². The summed E-state index contributed by atoms with van der Waals surface area (Å²) in [6.07, 6.45) is 8.95. The number of allylic oxidation sites excluding steroid dienone is 1. The number of fused-ring (bicyclic) bond motifs is 1. The first-order valence-electron chi connectivity index (χ1n) is 9.26. The Morgan fingerprint density at radius 3 is 2.78 bits per heavy atom. The van der Waals surface area contributed by atoms with Crippen LogP contribution in [0.2, 0.25) is 0 Å². The monoisotopic (exact) mass is 329 g/mol. The van der Waals surface area contributed by atoms with Crippen LogP contribution in [0.5, 0.6) is 0 Å². The topological polar surface area (TPSA) is 3.24 Å². The maximum absolute atomic E-state index is 2.66. The van der Waals surface area contributed by atoms with Crippen molar-refractivity contribution < 1.29 is 0 Å². The molecule has 3 rings (SSSR count). The van der Waals surface area contributed by atoms with E-state index in [1.54, 1.807) is 5.57 Å². The molecule has 0 aromatic heterocycles. The highest BCUT2D eigenvalue weighted by Gasteiger charge is 2.18. The Morgan fingerprint density at radius 1 is 1.22 bits per heavy atom. The molecule has 2 aliphatic heterocycles. The minimum absolute atomic E-state index is 0.695. The SMILES string of the molecule is Cc1ccc2c(c1)C/C(=C/CCN1CCC(C)CC1)C[C@H](C)S2. The highest BCUT2D eigenvalue weighted by atomic mass is 32.2. The van der Waals surface area contributed by atoms with E-state index in [0.29, 0.717) is 5.25 Å². The number of nitrogens with zero attached hydrogens (tertiary/aromatic N) is 1. The minimum atomic E-state index is 0.695. The van der Waals surface area contributed by atoms with Crippen LogP contribution in [0.3, 0.4) is 0 Å². The van der Waals surface area contributed by atoms with E-state index >= 15 is 0 Å². The van der Waals surface area contributed by atoms with Gasteiger partial charge in [0.25, 0.3) is 0 Å². The summed E-state index contributed by atoms with van der Waals surface area (Å²) in [4.78, 5) is 4.15. The fourth-order valence-corrected chi connectivity index (χ4v) is 4.96. The third-order valence-corrected chi connectivity index (χ3v) is 6.49. The molecule has 1 nitrogen and oxygen atoms in total. The molecule has 0 unspecified atom stereocenters. The number of piperidine rings is 1. The molecule has 2 heterocycles. The predicted molar refractivity (Wildman–Crippen MR) is 102 cm³/mol. The molecule has 0 aliphatic carbocycles. The second-order valence-corrected chi connectivity index (χ2v) is 9.08. The van der Waals surface area contributed by atoms with Crippen molar-refractivity contribution in [2.45, 2.75) is 63.0 Å². The van der Waals surface area contributed by atoms with Crippen LogP contribution >= 0.6 is 11.8 Å². The summed E-state index contributed by atoms with van der Waals surface area (Å²) in [7, 11) is 0. The Hall–Kier alpha value is -0.730. The highest BCUT2D eigenvalue weighted by Crippen LogP contribution is 2.36.